The standard InChI is InChI=1S/C58H69FN8O8S/c1-37(2)45-8-6-7-9-46(45)52-36-64(35-40-10-13-43(74-5)14-11-40)26-27-66(52)42-31-58(32-42)22-24-65(25-23-58)41-12-16-47(54(28-41)75-53-30-48-49(59)34-61-55(48)62-38(53)3)56(68)63-76(72,73)44-15-17-50(51(29-44)67(70)71)60-33-39-18-20-57(4,69)21-19-39/h6-17,28-30,34,37,39,42,52,60,69H,18-27,31-33,35-36H2,1-5H3,(H,61,62)(H,63,68). The molecule has 4 aromatic carbocycles. The van der Waals surface area contributed by atoms with Gasteiger partial charge in [-0.1, -0.05) is 50.2 Å². The van der Waals surface area contributed by atoms with Crippen LogP contribution >= 0.6 is 0 Å². The molecule has 1 amide bonds. The number of aromatic nitrogens is 2. The molecule has 4 heterocycles. The SMILES string of the molecule is COc1ccc(CN2CCN(C3CC4(CCN(c5ccc(C(=O)NS(=O)(=O)c6ccc(NCC7CCC(C)(O)CC7)c([N+](=O)[O-])c6)c(Oc6cc7c(F)c[nH]c7nc6C)c5)CC4)C3)C(c3ccccc3C(C)C)C2)cc1. The number of aromatic amines is 1. The lowest BCUT2D eigenvalue weighted by atomic mass is 9.59. The van der Waals surface area contributed by atoms with Crippen molar-refractivity contribution in [2.45, 2.75) is 114 Å². The number of H-pyrrole nitrogens is 1. The van der Waals surface area contributed by atoms with Crippen LogP contribution in [0.15, 0.2) is 102 Å². The van der Waals surface area contributed by atoms with E-state index in [-0.39, 0.29) is 45.5 Å². The van der Waals surface area contributed by atoms with Gasteiger partial charge in [0, 0.05) is 81.9 Å². The molecule has 4 N–H and O–H groups in total. The molecule has 1 atom stereocenters. The predicted octanol–water partition coefficient (Wildman–Crippen LogP) is 10.6. The Balaban J connectivity index is 0.847. The second kappa shape index (κ2) is 21.4. The second-order valence-corrected chi connectivity index (χ2v) is 23.9. The summed E-state index contributed by atoms with van der Waals surface area (Å²) >= 11 is 0. The number of carbonyl (C=O) groups excluding carboxylic acids is 1. The van der Waals surface area contributed by atoms with Crippen molar-refractivity contribution in [3.8, 4) is 17.2 Å². The Kier molecular flexibility index (Phi) is 14.9. The summed E-state index contributed by atoms with van der Waals surface area (Å²) in [5.41, 5.74) is 4.62. The van der Waals surface area contributed by atoms with Crippen molar-refractivity contribution in [2.24, 2.45) is 11.3 Å². The number of fused-ring (bicyclic) bond motifs is 1. The molecule has 16 nitrogen and oxygen atoms in total. The van der Waals surface area contributed by atoms with Crippen LogP contribution in [-0.4, -0.2) is 102 Å². The number of aliphatic hydroxyl groups is 1. The Morgan fingerprint density at radius 1 is 0.961 bits per heavy atom. The van der Waals surface area contributed by atoms with E-state index in [1.807, 2.05) is 12.1 Å². The Morgan fingerprint density at radius 3 is 2.41 bits per heavy atom. The van der Waals surface area contributed by atoms with E-state index < -0.39 is 42.9 Å². The van der Waals surface area contributed by atoms with Gasteiger partial charge in [0.1, 0.15) is 34.4 Å². The number of aryl methyl sites for hydroxylation is 1. The fraction of sp³-hybridized carbons (Fsp3) is 0.448. The lowest BCUT2D eigenvalue weighted by molar-refractivity contribution is -0.384. The van der Waals surface area contributed by atoms with Crippen molar-refractivity contribution in [3.63, 3.8) is 0 Å². The van der Waals surface area contributed by atoms with Crippen LogP contribution in [-0.2, 0) is 16.6 Å². The summed E-state index contributed by atoms with van der Waals surface area (Å²) in [6.45, 7) is 13.8. The van der Waals surface area contributed by atoms with Gasteiger partial charge < -0.3 is 29.8 Å². The molecule has 6 aromatic rings. The zero-order chi connectivity index (χ0) is 53.5. The number of benzene rings is 4. The number of carbonyl (C=O) groups is 1. The number of sulfonamides is 1. The van der Waals surface area contributed by atoms with Crippen LogP contribution in [0.3, 0.4) is 0 Å². The van der Waals surface area contributed by atoms with Crippen LogP contribution in [0, 0.1) is 34.2 Å². The van der Waals surface area contributed by atoms with Gasteiger partial charge >= 0.3 is 0 Å². The van der Waals surface area contributed by atoms with E-state index in [2.05, 4.69) is 85.0 Å². The van der Waals surface area contributed by atoms with Gasteiger partial charge in [-0.05, 0) is 142 Å². The number of hydrogen-bond acceptors (Lipinski definition) is 13. The highest BCUT2D eigenvalue weighted by molar-refractivity contribution is 7.90. The molecule has 76 heavy (non-hydrogen) atoms. The topological polar surface area (TPSA) is 196 Å². The maximum Gasteiger partial charge on any atom is 0.293 e. The number of methoxy groups -OCH3 is 1. The van der Waals surface area contributed by atoms with Crippen LogP contribution in [0.1, 0.15) is 117 Å². The predicted molar refractivity (Wildman–Crippen MR) is 291 cm³/mol. The van der Waals surface area contributed by atoms with Gasteiger partial charge in [-0.2, -0.15) is 0 Å². The van der Waals surface area contributed by atoms with Crippen LogP contribution < -0.4 is 24.4 Å². The van der Waals surface area contributed by atoms with E-state index >= 15 is 0 Å². The second-order valence-electron chi connectivity index (χ2n) is 22.2. The van der Waals surface area contributed by atoms with E-state index in [0.717, 1.165) is 95.3 Å². The zero-order valence-corrected chi connectivity index (χ0v) is 44.8. The van der Waals surface area contributed by atoms with Gasteiger partial charge in [0.15, 0.2) is 0 Å². The lowest BCUT2D eigenvalue weighted by Crippen LogP contribution is -2.60. The maximum atomic E-state index is 14.9. The smallest absolute Gasteiger partial charge is 0.293 e. The van der Waals surface area contributed by atoms with Gasteiger partial charge in [-0.25, -0.2) is 22.5 Å². The third kappa shape index (κ3) is 11.3. The molecule has 0 radical (unpaired) electrons. The highest BCUT2D eigenvalue weighted by Crippen LogP contribution is 2.53. The highest BCUT2D eigenvalue weighted by Gasteiger charge is 2.50. The summed E-state index contributed by atoms with van der Waals surface area (Å²) < 4.78 is 56.6. The van der Waals surface area contributed by atoms with E-state index in [0.29, 0.717) is 42.7 Å². The molecule has 18 heteroatoms. The molecule has 2 aliphatic carbocycles. The number of piperazine rings is 1. The largest absolute Gasteiger partial charge is 0.497 e. The number of hydrogen-bond donors (Lipinski definition) is 4. The number of nitrogens with zero attached hydrogens (tertiary/aromatic N) is 5. The fourth-order valence-electron chi connectivity index (χ4n) is 12.1. The van der Waals surface area contributed by atoms with E-state index in [9.17, 15) is 32.8 Å². The molecule has 0 bridgehead atoms. The Bertz CT molecular complexity index is 3210. The summed E-state index contributed by atoms with van der Waals surface area (Å²) in [4.78, 5) is 40.2. The van der Waals surface area contributed by atoms with Gasteiger partial charge in [0.05, 0.1) is 39.2 Å². The lowest BCUT2D eigenvalue weighted by Gasteiger charge is -2.58. The number of amides is 1. The quantitative estimate of drug-likeness (QED) is 0.0529. The number of halogens is 1. The molecular weight excluding hydrogens is 988 g/mol. The summed E-state index contributed by atoms with van der Waals surface area (Å²) in [5, 5.41) is 25.9. The third-order valence-electron chi connectivity index (χ3n) is 16.7. The van der Waals surface area contributed by atoms with Crippen molar-refractivity contribution < 1.29 is 37.1 Å². The first-order chi connectivity index (χ1) is 36.4. The van der Waals surface area contributed by atoms with Crippen molar-refractivity contribution in [1.82, 2.24) is 24.5 Å². The minimum absolute atomic E-state index is 0.0306. The van der Waals surface area contributed by atoms with E-state index in [1.165, 1.54) is 47.2 Å². The molecule has 1 unspecified atom stereocenters. The van der Waals surface area contributed by atoms with Crippen molar-refractivity contribution in [2.75, 3.05) is 56.6 Å². The highest BCUT2D eigenvalue weighted by atomic mass is 32.2. The first-order valence-electron chi connectivity index (χ1n) is 26.6. The number of rotatable bonds is 16. The van der Waals surface area contributed by atoms with E-state index in [1.54, 1.807) is 33.1 Å². The third-order valence-corrected chi connectivity index (χ3v) is 18.0. The Morgan fingerprint density at radius 2 is 1.70 bits per heavy atom. The zero-order valence-electron chi connectivity index (χ0n) is 44.0. The number of nitrogens with one attached hydrogen (secondary N) is 3. The average molecular weight is 1060 g/mol. The minimum atomic E-state index is -4.65. The summed E-state index contributed by atoms with van der Waals surface area (Å²) in [6.07, 6.45) is 8.09. The number of pyridine rings is 1. The summed E-state index contributed by atoms with van der Waals surface area (Å²) in [6, 6.07) is 28.0. The number of nitro groups is 1. The van der Waals surface area contributed by atoms with Crippen molar-refractivity contribution in [3.05, 3.63) is 141 Å². The first-order valence-corrected chi connectivity index (χ1v) is 28.1. The molecular formula is C58H69FN8O8S. The maximum absolute atomic E-state index is 14.9. The average Bonchev–Trinajstić information content (AvgIpc) is 3.81. The molecule has 4 aliphatic rings. The summed E-state index contributed by atoms with van der Waals surface area (Å²) in [7, 11) is -2.96. The molecule has 10 rings (SSSR count). The van der Waals surface area contributed by atoms with Crippen molar-refractivity contribution in [1.29, 1.82) is 0 Å². The van der Waals surface area contributed by atoms with Gasteiger partial charge in [0.2, 0.25) is 0 Å². The fourth-order valence-corrected chi connectivity index (χ4v) is 13.1. The van der Waals surface area contributed by atoms with Crippen LogP contribution in [0.5, 0.6) is 17.2 Å². The minimum Gasteiger partial charge on any atom is -0.497 e. The first kappa shape index (κ1) is 52.8. The number of anilines is 2. The number of ether oxygens (including phenoxy) is 2. The normalized spacial score (nSPS) is 21.4. The number of nitro benzene ring substituents is 1. The van der Waals surface area contributed by atoms with Gasteiger partial charge in [-0.3, -0.25) is 24.7 Å². The monoisotopic (exact) mass is 1060 g/mol. The molecule has 2 saturated carbocycles. The van der Waals surface area contributed by atoms with Crippen LogP contribution in [0.25, 0.3) is 11.0 Å². The van der Waals surface area contributed by atoms with Crippen molar-refractivity contribution >= 4 is 44.0 Å². The van der Waals surface area contributed by atoms with Crippen LogP contribution in [0.4, 0.5) is 21.5 Å². The van der Waals surface area contributed by atoms with Crippen LogP contribution in [0.2, 0.25) is 0 Å². The molecule has 2 aliphatic heterocycles. The van der Waals surface area contributed by atoms with E-state index in [4.69, 9.17) is 9.47 Å². The Labute approximate surface area is 444 Å². The van der Waals surface area contributed by atoms with Gasteiger partial charge in [0.25, 0.3) is 21.6 Å². The molecule has 1 spiro atoms. The molecule has 402 valence electrons. The number of piperidine rings is 1. The molecule has 2 aromatic heterocycles. The van der Waals surface area contributed by atoms with Gasteiger partial charge in [-0.15, -0.1) is 0 Å². The Hall–Kier alpha value is -6.60. The summed E-state index contributed by atoms with van der Waals surface area (Å²) in [5.74, 6) is 0.0843. The molecule has 2 saturated heterocycles. The molecule has 4 fully saturated rings.